The predicted molar refractivity (Wildman–Crippen MR) is 79.7 cm³/mol. The normalized spacial score (nSPS) is 16.2. The third kappa shape index (κ3) is 4.22. The van der Waals surface area contributed by atoms with Crippen molar-refractivity contribution in [3.63, 3.8) is 0 Å². The molecule has 0 fully saturated rings. The van der Waals surface area contributed by atoms with Crippen LogP contribution in [0.1, 0.15) is 30.4 Å². The van der Waals surface area contributed by atoms with Crippen LogP contribution in [0.2, 0.25) is 0 Å². The van der Waals surface area contributed by atoms with E-state index >= 15 is 0 Å². The van der Waals surface area contributed by atoms with Gasteiger partial charge in [-0.25, -0.2) is 0 Å². The molecule has 0 saturated carbocycles. The van der Waals surface area contributed by atoms with Gasteiger partial charge < -0.3 is 15.4 Å². The zero-order chi connectivity index (χ0) is 13.7. The molecule has 106 valence electrons. The van der Waals surface area contributed by atoms with Crippen molar-refractivity contribution in [3.05, 3.63) is 29.3 Å². The molecule has 0 aliphatic heterocycles. The van der Waals surface area contributed by atoms with E-state index in [4.69, 9.17) is 10.5 Å². The van der Waals surface area contributed by atoms with Crippen molar-refractivity contribution in [1.82, 2.24) is 4.90 Å². The number of aryl methyl sites for hydroxylation is 1. The van der Waals surface area contributed by atoms with E-state index in [1.807, 2.05) is 14.1 Å². The number of nitrogens with zero attached hydrogens (tertiary/aromatic N) is 1. The van der Waals surface area contributed by atoms with Gasteiger partial charge in [0.05, 0.1) is 6.61 Å². The molecule has 0 bridgehead atoms. The fraction of sp³-hybridized carbons (Fsp3) is 0.625. The van der Waals surface area contributed by atoms with Gasteiger partial charge in [-0.15, -0.1) is 0 Å². The molecule has 3 nitrogen and oxygen atoms in total. The van der Waals surface area contributed by atoms with Crippen LogP contribution in [0.3, 0.4) is 0 Å². The van der Waals surface area contributed by atoms with Gasteiger partial charge in [0.2, 0.25) is 0 Å². The molecule has 1 unspecified atom stereocenters. The van der Waals surface area contributed by atoms with Crippen LogP contribution in [-0.4, -0.2) is 38.2 Å². The van der Waals surface area contributed by atoms with E-state index in [0.717, 1.165) is 25.1 Å². The predicted octanol–water partition coefficient (Wildman–Crippen LogP) is 2.22. The van der Waals surface area contributed by atoms with Gasteiger partial charge in [0.1, 0.15) is 5.75 Å². The van der Waals surface area contributed by atoms with Crippen LogP contribution in [0, 0.1) is 0 Å². The Morgan fingerprint density at radius 3 is 2.84 bits per heavy atom. The van der Waals surface area contributed by atoms with Crippen LogP contribution in [0.15, 0.2) is 18.2 Å². The van der Waals surface area contributed by atoms with Crippen molar-refractivity contribution in [3.8, 4) is 5.75 Å². The number of fused-ring (bicyclic) bond motifs is 1. The van der Waals surface area contributed by atoms with E-state index in [-0.39, 0.29) is 6.04 Å². The maximum Gasteiger partial charge on any atom is 0.122 e. The minimum absolute atomic E-state index is 0.189. The first kappa shape index (κ1) is 14.4. The third-order valence-corrected chi connectivity index (χ3v) is 3.70. The van der Waals surface area contributed by atoms with Crippen molar-refractivity contribution >= 4 is 0 Å². The zero-order valence-electron chi connectivity index (χ0n) is 12.2. The lowest BCUT2D eigenvalue weighted by Gasteiger charge is -2.21. The second-order valence-electron chi connectivity index (χ2n) is 5.76. The summed E-state index contributed by atoms with van der Waals surface area (Å²) < 4.78 is 5.96. The van der Waals surface area contributed by atoms with Crippen LogP contribution >= 0.6 is 0 Å². The number of hydrogen-bond acceptors (Lipinski definition) is 3. The molecule has 1 aromatic rings. The summed E-state index contributed by atoms with van der Waals surface area (Å²) in [6, 6.07) is 6.63. The second kappa shape index (κ2) is 6.92. The fourth-order valence-electron chi connectivity index (χ4n) is 2.76. The molecule has 0 amide bonds. The van der Waals surface area contributed by atoms with E-state index in [0.29, 0.717) is 6.61 Å². The molecule has 0 radical (unpaired) electrons. The van der Waals surface area contributed by atoms with E-state index in [9.17, 15) is 0 Å². The lowest BCUT2D eigenvalue weighted by molar-refractivity contribution is 0.274. The van der Waals surface area contributed by atoms with Gasteiger partial charge in [-0.3, -0.25) is 0 Å². The molecular weight excluding hydrogens is 236 g/mol. The molecule has 2 rings (SSSR count). The largest absolute Gasteiger partial charge is 0.493 e. The number of likely N-dealkylation sites (N-methyl/N-ethyl adjacent to an activating group) is 1. The first-order valence-electron chi connectivity index (χ1n) is 7.30. The number of ether oxygens (including phenoxy) is 1. The minimum Gasteiger partial charge on any atom is -0.493 e. The molecule has 19 heavy (non-hydrogen) atoms. The van der Waals surface area contributed by atoms with Gasteiger partial charge >= 0.3 is 0 Å². The maximum absolute atomic E-state index is 6.05. The molecule has 3 heteroatoms. The highest BCUT2D eigenvalue weighted by Gasteiger charge is 2.14. The molecule has 0 heterocycles. The Kier molecular flexibility index (Phi) is 5.23. The molecule has 2 N–H and O–H groups in total. The number of rotatable bonds is 6. The highest BCUT2D eigenvalue weighted by molar-refractivity contribution is 5.41. The lowest BCUT2D eigenvalue weighted by Crippen LogP contribution is -2.34. The highest BCUT2D eigenvalue weighted by Crippen LogP contribution is 2.29. The van der Waals surface area contributed by atoms with Crippen LogP contribution in [0.5, 0.6) is 5.75 Å². The van der Waals surface area contributed by atoms with Gasteiger partial charge in [-0.05, 0) is 63.4 Å². The number of benzene rings is 1. The molecule has 1 aliphatic carbocycles. The summed E-state index contributed by atoms with van der Waals surface area (Å²) in [5.74, 6) is 1.08. The molecule has 0 spiro atoms. The highest BCUT2D eigenvalue weighted by atomic mass is 16.5. The number of nitrogens with two attached hydrogens (primary N) is 1. The van der Waals surface area contributed by atoms with Crippen molar-refractivity contribution in [2.45, 2.75) is 38.1 Å². The van der Waals surface area contributed by atoms with E-state index in [1.165, 1.54) is 30.4 Å². The minimum atomic E-state index is 0.189. The molecule has 0 aromatic heterocycles. The molecular formula is C16H26N2O. The third-order valence-electron chi connectivity index (χ3n) is 3.70. The Morgan fingerprint density at radius 1 is 1.26 bits per heavy atom. The Morgan fingerprint density at radius 2 is 2.05 bits per heavy atom. The maximum atomic E-state index is 6.05. The zero-order valence-corrected chi connectivity index (χ0v) is 12.2. The quantitative estimate of drug-likeness (QED) is 0.854. The summed E-state index contributed by atoms with van der Waals surface area (Å²) in [7, 11) is 4.10. The fourth-order valence-corrected chi connectivity index (χ4v) is 2.76. The number of hydrogen-bond donors (Lipinski definition) is 1. The standard InChI is InChI=1S/C16H26N2O/c1-18(2)12-14(17)10-11-19-16-9-5-7-13-6-3-4-8-15(13)16/h5,7,9,14H,3-4,6,8,10-12,17H2,1-2H3. The van der Waals surface area contributed by atoms with Crippen molar-refractivity contribution < 1.29 is 4.74 Å². The Balaban J connectivity index is 1.86. The smallest absolute Gasteiger partial charge is 0.122 e. The summed E-state index contributed by atoms with van der Waals surface area (Å²) in [5, 5.41) is 0. The summed E-state index contributed by atoms with van der Waals surface area (Å²) in [6.45, 7) is 1.63. The Hall–Kier alpha value is -1.06. The first-order valence-corrected chi connectivity index (χ1v) is 7.30. The topological polar surface area (TPSA) is 38.5 Å². The molecule has 0 saturated heterocycles. The van der Waals surface area contributed by atoms with Crippen LogP contribution in [0.25, 0.3) is 0 Å². The summed E-state index contributed by atoms with van der Waals surface area (Å²) in [5.41, 5.74) is 8.95. The van der Waals surface area contributed by atoms with Crippen molar-refractivity contribution in [2.24, 2.45) is 5.73 Å². The molecule has 1 aliphatic rings. The molecule has 1 aromatic carbocycles. The Labute approximate surface area is 116 Å². The van der Waals surface area contributed by atoms with Crippen LogP contribution in [0.4, 0.5) is 0 Å². The van der Waals surface area contributed by atoms with Crippen LogP contribution < -0.4 is 10.5 Å². The van der Waals surface area contributed by atoms with Gasteiger partial charge in [0, 0.05) is 12.6 Å². The van der Waals surface area contributed by atoms with Crippen molar-refractivity contribution in [2.75, 3.05) is 27.2 Å². The van der Waals surface area contributed by atoms with Gasteiger partial charge in [0.25, 0.3) is 0 Å². The van der Waals surface area contributed by atoms with Gasteiger partial charge in [0.15, 0.2) is 0 Å². The van der Waals surface area contributed by atoms with Gasteiger partial charge in [-0.2, -0.15) is 0 Å². The molecule has 1 atom stereocenters. The Bertz CT molecular complexity index is 404. The van der Waals surface area contributed by atoms with E-state index in [2.05, 4.69) is 23.1 Å². The summed E-state index contributed by atoms with van der Waals surface area (Å²) in [4.78, 5) is 2.12. The summed E-state index contributed by atoms with van der Waals surface area (Å²) in [6.07, 6.45) is 5.86. The van der Waals surface area contributed by atoms with Crippen molar-refractivity contribution in [1.29, 1.82) is 0 Å². The first-order chi connectivity index (χ1) is 9.16. The summed E-state index contributed by atoms with van der Waals surface area (Å²) >= 11 is 0. The average molecular weight is 262 g/mol. The van der Waals surface area contributed by atoms with E-state index in [1.54, 1.807) is 0 Å². The van der Waals surface area contributed by atoms with E-state index < -0.39 is 0 Å². The average Bonchev–Trinajstić information content (AvgIpc) is 2.38. The second-order valence-corrected chi connectivity index (χ2v) is 5.76. The van der Waals surface area contributed by atoms with Gasteiger partial charge in [-0.1, -0.05) is 12.1 Å². The monoisotopic (exact) mass is 262 g/mol. The van der Waals surface area contributed by atoms with Crippen LogP contribution in [-0.2, 0) is 12.8 Å². The lowest BCUT2D eigenvalue weighted by atomic mass is 9.91. The SMILES string of the molecule is CN(C)CC(N)CCOc1cccc2c1CCCC2.